The molecule has 0 aliphatic heterocycles. The van der Waals surface area contributed by atoms with Gasteiger partial charge in [-0.25, -0.2) is 0 Å². The van der Waals surface area contributed by atoms with Crippen molar-refractivity contribution in [1.29, 1.82) is 0 Å². The summed E-state index contributed by atoms with van der Waals surface area (Å²) in [6.45, 7) is 8.54. The lowest BCUT2D eigenvalue weighted by Gasteiger charge is -2.18. The van der Waals surface area contributed by atoms with E-state index in [0.717, 1.165) is 24.5 Å². The molecule has 1 aromatic rings. The molecule has 1 aromatic carbocycles. The fourth-order valence-electron chi connectivity index (χ4n) is 1.64. The lowest BCUT2D eigenvalue weighted by Crippen LogP contribution is -2.33. The lowest BCUT2D eigenvalue weighted by atomic mass is 10.2. The summed E-state index contributed by atoms with van der Waals surface area (Å²) < 4.78 is 11.3. The minimum Gasteiger partial charge on any atom is -0.490 e. The Morgan fingerprint density at radius 3 is 2.24 bits per heavy atom. The van der Waals surface area contributed by atoms with Gasteiger partial charge in [-0.1, -0.05) is 26.0 Å². The number of nitrogens with one attached hydrogen (secondary N) is 1. The molecule has 0 heterocycles. The van der Waals surface area contributed by atoms with Gasteiger partial charge in [0.15, 0.2) is 11.5 Å². The minimum absolute atomic E-state index is 0.398. The highest BCUT2D eigenvalue weighted by Crippen LogP contribution is 2.26. The van der Waals surface area contributed by atoms with Crippen LogP contribution in [0.15, 0.2) is 24.3 Å². The number of para-hydroxylation sites is 2. The molecule has 0 saturated heterocycles. The van der Waals surface area contributed by atoms with Crippen molar-refractivity contribution in [1.82, 2.24) is 5.32 Å². The molecule has 0 fully saturated rings. The van der Waals surface area contributed by atoms with Crippen molar-refractivity contribution in [2.75, 3.05) is 19.8 Å². The van der Waals surface area contributed by atoms with Crippen LogP contribution in [-0.4, -0.2) is 25.8 Å². The number of hydrogen-bond donors (Lipinski definition) is 1. The van der Waals surface area contributed by atoms with E-state index in [0.29, 0.717) is 19.3 Å². The molecule has 0 spiro atoms. The molecule has 96 valence electrons. The average molecular weight is 237 g/mol. The molecule has 0 aromatic heterocycles. The van der Waals surface area contributed by atoms with Crippen molar-refractivity contribution < 1.29 is 9.47 Å². The van der Waals surface area contributed by atoms with Crippen LogP contribution in [0.3, 0.4) is 0 Å². The molecule has 0 saturated carbocycles. The Hall–Kier alpha value is -1.22. The molecule has 1 N–H and O–H groups in total. The number of likely N-dealkylation sites (N-methyl/N-ethyl adjacent to an activating group) is 1. The van der Waals surface area contributed by atoms with E-state index >= 15 is 0 Å². The van der Waals surface area contributed by atoms with E-state index in [-0.39, 0.29) is 0 Å². The quantitative estimate of drug-likeness (QED) is 0.754. The van der Waals surface area contributed by atoms with Crippen LogP contribution in [0.25, 0.3) is 0 Å². The smallest absolute Gasteiger partial charge is 0.161 e. The first-order valence-electron chi connectivity index (χ1n) is 6.39. The fourth-order valence-corrected chi connectivity index (χ4v) is 1.64. The van der Waals surface area contributed by atoms with Gasteiger partial charge in [0.2, 0.25) is 0 Å². The van der Waals surface area contributed by atoms with Gasteiger partial charge in [0, 0.05) is 6.04 Å². The predicted molar refractivity (Wildman–Crippen MR) is 70.9 cm³/mol. The maximum absolute atomic E-state index is 5.81. The Balaban J connectivity index is 2.55. The van der Waals surface area contributed by atoms with E-state index in [1.54, 1.807) is 0 Å². The van der Waals surface area contributed by atoms with Gasteiger partial charge in [-0.15, -0.1) is 0 Å². The summed E-state index contributed by atoms with van der Waals surface area (Å²) in [4.78, 5) is 0. The van der Waals surface area contributed by atoms with Crippen LogP contribution >= 0.6 is 0 Å². The average Bonchev–Trinajstić information content (AvgIpc) is 2.36. The van der Waals surface area contributed by atoms with Crippen molar-refractivity contribution in [2.45, 2.75) is 33.2 Å². The second-order valence-electron chi connectivity index (χ2n) is 3.85. The van der Waals surface area contributed by atoms with Crippen molar-refractivity contribution in [3.8, 4) is 11.5 Å². The van der Waals surface area contributed by atoms with Gasteiger partial charge in [0.1, 0.15) is 6.61 Å². The van der Waals surface area contributed by atoms with E-state index in [1.807, 2.05) is 31.2 Å². The van der Waals surface area contributed by atoms with Crippen LogP contribution in [0, 0.1) is 0 Å². The number of hydrogen-bond acceptors (Lipinski definition) is 3. The van der Waals surface area contributed by atoms with Gasteiger partial charge in [0.25, 0.3) is 0 Å². The number of benzene rings is 1. The van der Waals surface area contributed by atoms with Gasteiger partial charge in [-0.05, 0) is 32.0 Å². The second-order valence-corrected chi connectivity index (χ2v) is 3.85. The molecule has 0 aliphatic rings. The molecule has 1 atom stereocenters. The van der Waals surface area contributed by atoms with Gasteiger partial charge in [-0.2, -0.15) is 0 Å². The van der Waals surface area contributed by atoms with E-state index in [1.165, 1.54) is 0 Å². The van der Waals surface area contributed by atoms with Gasteiger partial charge >= 0.3 is 0 Å². The topological polar surface area (TPSA) is 30.5 Å². The first-order chi connectivity index (χ1) is 8.31. The summed E-state index contributed by atoms with van der Waals surface area (Å²) in [5, 5.41) is 3.39. The monoisotopic (exact) mass is 237 g/mol. The zero-order chi connectivity index (χ0) is 12.5. The zero-order valence-electron chi connectivity index (χ0n) is 11.0. The Morgan fingerprint density at radius 2 is 1.71 bits per heavy atom. The lowest BCUT2D eigenvalue weighted by molar-refractivity contribution is 0.243. The van der Waals surface area contributed by atoms with Crippen molar-refractivity contribution >= 4 is 0 Å². The largest absolute Gasteiger partial charge is 0.490 e. The Kier molecular flexibility index (Phi) is 6.48. The van der Waals surface area contributed by atoms with Crippen LogP contribution in [0.5, 0.6) is 11.5 Å². The third kappa shape index (κ3) is 4.65. The van der Waals surface area contributed by atoms with Crippen LogP contribution in [-0.2, 0) is 0 Å². The van der Waals surface area contributed by atoms with E-state index in [2.05, 4.69) is 19.2 Å². The Bertz CT molecular complexity index is 315. The molecule has 0 radical (unpaired) electrons. The van der Waals surface area contributed by atoms with Gasteiger partial charge < -0.3 is 14.8 Å². The number of ether oxygens (including phenoxy) is 2. The summed E-state index contributed by atoms with van der Waals surface area (Å²) in [7, 11) is 0. The Labute approximate surface area is 104 Å². The second kappa shape index (κ2) is 7.96. The molecule has 0 aliphatic carbocycles. The summed E-state index contributed by atoms with van der Waals surface area (Å²) in [6.07, 6.45) is 1.06. The maximum Gasteiger partial charge on any atom is 0.161 e. The first-order valence-corrected chi connectivity index (χ1v) is 6.39. The molecule has 17 heavy (non-hydrogen) atoms. The van der Waals surface area contributed by atoms with Crippen LogP contribution in [0.1, 0.15) is 27.2 Å². The normalized spacial score (nSPS) is 12.2. The number of rotatable bonds is 8. The van der Waals surface area contributed by atoms with E-state index < -0.39 is 0 Å². The van der Waals surface area contributed by atoms with Gasteiger partial charge in [-0.3, -0.25) is 0 Å². The predicted octanol–water partition coefficient (Wildman–Crippen LogP) is 2.85. The summed E-state index contributed by atoms with van der Waals surface area (Å²) in [5.74, 6) is 1.65. The highest BCUT2D eigenvalue weighted by Gasteiger charge is 2.08. The van der Waals surface area contributed by atoms with Crippen molar-refractivity contribution in [3.63, 3.8) is 0 Å². The first kappa shape index (κ1) is 13.8. The Morgan fingerprint density at radius 1 is 1.06 bits per heavy atom. The molecule has 3 heteroatoms. The minimum atomic E-state index is 0.398. The van der Waals surface area contributed by atoms with Crippen LogP contribution < -0.4 is 14.8 Å². The maximum atomic E-state index is 5.81. The molecule has 1 rings (SSSR count). The molecular weight excluding hydrogens is 214 g/mol. The van der Waals surface area contributed by atoms with E-state index in [4.69, 9.17) is 9.47 Å². The molecule has 0 bridgehead atoms. The van der Waals surface area contributed by atoms with Crippen molar-refractivity contribution in [2.24, 2.45) is 0 Å². The third-order valence-corrected chi connectivity index (χ3v) is 2.57. The fraction of sp³-hybridized carbons (Fsp3) is 0.571. The molecule has 3 nitrogen and oxygen atoms in total. The zero-order valence-corrected chi connectivity index (χ0v) is 11.0. The van der Waals surface area contributed by atoms with Crippen molar-refractivity contribution in [3.05, 3.63) is 24.3 Å². The summed E-state index contributed by atoms with van der Waals surface area (Å²) in [5.41, 5.74) is 0. The SMILES string of the molecule is CCNC(CC)COc1ccccc1OCC. The third-order valence-electron chi connectivity index (χ3n) is 2.57. The molecule has 1 unspecified atom stereocenters. The highest BCUT2D eigenvalue weighted by atomic mass is 16.5. The van der Waals surface area contributed by atoms with Crippen LogP contribution in [0.2, 0.25) is 0 Å². The summed E-state index contributed by atoms with van der Waals surface area (Å²) in [6, 6.07) is 8.21. The molecule has 0 amide bonds. The molecular formula is C14H23NO2. The van der Waals surface area contributed by atoms with Gasteiger partial charge in [0.05, 0.1) is 6.61 Å². The van der Waals surface area contributed by atoms with Crippen LogP contribution in [0.4, 0.5) is 0 Å². The summed E-state index contributed by atoms with van der Waals surface area (Å²) >= 11 is 0. The standard InChI is InChI=1S/C14H23NO2/c1-4-12(15-5-2)11-17-14-10-8-7-9-13(14)16-6-3/h7-10,12,15H,4-6,11H2,1-3H3. The highest BCUT2D eigenvalue weighted by molar-refractivity contribution is 5.39. The van der Waals surface area contributed by atoms with E-state index in [9.17, 15) is 0 Å².